The summed E-state index contributed by atoms with van der Waals surface area (Å²) in [7, 11) is 0. The second-order valence-corrected chi connectivity index (χ2v) is 7.67. The van der Waals surface area contributed by atoms with Crippen molar-refractivity contribution in [2.75, 3.05) is 6.54 Å². The number of carbonyl (C=O) groups is 1. The molecule has 1 heterocycles. The Bertz CT molecular complexity index is 799. The molecular weight excluding hydrogens is 355 g/mol. The van der Waals surface area contributed by atoms with Crippen molar-refractivity contribution in [1.29, 1.82) is 0 Å². The van der Waals surface area contributed by atoms with E-state index in [0.717, 1.165) is 18.5 Å². The average molecular weight is 377 g/mol. The van der Waals surface area contributed by atoms with Crippen LogP contribution in [-0.4, -0.2) is 23.0 Å². The van der Waals surface area contributed by atoms with Gasteiger partial charge in [0.1, 0.15) is 5.82 Å². The summed E-state index contributed by atoms with van der Waals surface area (Å²) >= 11 is 6.56. The first-order chi connectivity index (χ1) is 12.3. The lowest BCUT2D eigenvalue weighted by Gasteiger charge is -2.24. The molecule has 0 bridgehead atoms. The van der Waals surface area contributed by atoms with Crippen molar-refractivity contribution < 1.29 is 14.3 Å². The van der Waals surface area contributed by atoms with Crippen LogP contribution in [0, 0.1) is 11.7 Å². The average Bonchev–Trinajstić information content (AvgIpc) is 3.41. The van der Waals surface area contributed by atoms with Gasteiger partial charge in [0.2, 0.25) is 6.41 Å². The molecule has 1 aromatic heterocycles. The molecular formula is C20H22ClFN2O2. The molecule has 3 rings (SSSR count). The van der Waals surface area contributed by atoms with Gasteiger partial charge >= 0.3 is 0 Å². The van der Waals surface area contributed by atoms with Crippen LogP contribution in [0.3, 0.4) is 0 Å². The molecule has 1 aliphatic carbocycles. The Kier molecular flexibility index (Phi) is 5.30. The molecule has 6 heteroatoms. The van der Waals surface area contributed by atoms with E-state index in [1.54, 1.807) is 26.0 Å². The highest BCUT2D eigenvalue weighted by atomic mass is 35.5. The van der Waals surface area contributed by atoms with Crippen molar-refractivity contribution in [3.63, 3.8) is 0 Å². The number of aromatic nitrogens is 1. The van der Waals surface area contributed by atoms with Gasteiger partial charge in [0.15, 0.2) is 0 Å². The Morgan fingerprint density at radius 2 is 2.04 bits per heavy atom. The minimum atomic E-state index is -1.16. The molecule has 0 aliphatic heterocycles. The summed E-state index contributed by atoms with van der Waals surface area (Å²) in [5, 5.41) is 13.7. The van der Waals surface area contributed by atoms with E-state index in [2.05, 4.69) is 5.32 Å². The SMILES string of the molecule is CC(C)(O)c1cc(C(CNC=O)C2CC2)nc(-c2ccc(F)cc2)c1Cl. The first kappa shape index (κ1) is 18.8. The molecule has 4 nitrogen and oxygen atoms in total. The van der Waals surface area contributed by atoms with Gasteiger partial charge in [-0.3, -0.25) is 9.78 Å². The van der Waals surface area contributed by atoms with Crippen LogP contribution in [0.2, 0.25) is 5.02 Å². The lowest BCUT2D eigenvalue weighted by atomic mass is 9.91. The molecule has 0 radical (unpaired) electrons. The van der Waals surface area contributed by atoms with E-state index in [1.165, 1.54) is 12.1 Å². The van der Waals surface area contributed by atoms with Gasteiger partial charge in [-0.15, -0.1) is 0 Å². The summed E-state index contributed by atoms with van der Waals surface area (Å²) in [4.78, 5) is 15.5. The van der Waals surface area contributed by atoms with Crippen LogP contribution in [0.5, 0.6) is 0 Å². The zero-order valence-corrected chi connectivity index (χ0v) is 15.6. The Morgan fingerprint density at radius 3 is 2.58 bits per heavy atom. The maximum atomic E-state index is 13.3. The predicted molar refractivity (Wildman–Crippen MR) is 99.4 cm³/mol. The molecule has 1 aromatic carbocycles. The Labute approximate surface area is 157 Å². The van der Waals surface area contributed by atoms with Crippen molar-refractivity contribution in [2.45, 2.75) is 38.2 Å². The number of hydrogen-bond acceptors (Lipinski definition) is 3. The third kappa shape index (κ3) is 4.05. The fourth-order valence-electron chi connectivity index (χ4n) is 3.17. The van der Waals surface area contributed by atoms with Crippen molar-refractivity contribution in [2.24, 2.45) is 5.92 Å². The minimum absolute atomic E-state index is 0.0535. The smallest absolute Gasteiger partial charge is 0.207 e. The van der Waals surface area contributed by atoms with Crippen molar-refractivity contribution in [3.05, 3.63) is 52.4 Å². The number of nitrogens with one attached hydrogen (secondary N) is 1. The molecule has 1 amide bonds. The summed E-state index contributed by atoms with van der Waals surface area (Å²) in [5.74, 6) is 0.166. The van der Waals surface area contributed by atoms with Crippen LogP contribution < -0.4 is 5.32 Å². The third-order valence-electron chi connectivity index (χ3n) is 4.75. The normalized spacial score (nSPS) is 15.6. The molecule has 1 fully saturated rings. The van der Waals surface area contributed by atoms with E-state index in [0.29, 0.717) is 40.7 Å². The first-order valence-corrected chi connectivity index (χ1v) is 9.05. The Balaban J connectivity index is 2.13. The van der Waals surface area contributed by atoms with E-state index in [-0.39, 0.29) is 11.7 Å². The van der Waals surface area contributed by atoms with Gasteiger partial charge in [0.25, 0.3) is 0 Å². The molecule has 1 atom stereocenters. The van der Waals surface area contributed by atoms with Gasteiger partial charge < -0.3 is 10.4 Å². The summed E-state index contributed by atoms with van der Waals surface area (Å²) in [6.07, 6.45) is 2.85. The highest BCUT2D eigenvalue weighted by Crippen LogP contribution is 2.44. The number of rotatable bonds is 7. The fourth-order valence-corrected chi connectivity index (χ4v) is 3.61. The highest BCUT2D eigenvalue weighted by molar-refractivity contribution is 6.34. The van der Waals surface area contributed by atoms with E-state index in [9.17, 15) is 14.3 Å². The number of halogens is 2. The molecule has 2 N–H and O–H groups in total. The number of carbonyl (C=O) groups excluding carboxylic acids is 1. The topological polar surface area (TPSA) is 62.2 Å². The van der Waals surface area contributed by atoms with Crippen LogP contribution in [0.1, 0.15) is 43.9 Å². The summed E-state index contributed by atoms with van der Waals surface area (Å²) in [5.41, 5.74) is 1.39. The van der Waals surface area contributed by atoms with Crippen molar-refractivity contribution in [3.8, 4) is 11.3 Å². The number of nitrogens with zero attached hydrogens (tertiary/aromatic N) is 1. The summed E-state index contributed by atoms with van der Waals surface area (Å²) in [6, 6.07) is 7.78. The van der Waals surface area contributed by atoms with Crippen LogP contribution in [0.25, 0.3) is 11.3 Å². The second-order valence-electron chi connectivity index (χ2n) is 7.29. The molecule has 1 aliphatic rings. The minimum Gasteiger partial charge on any atom is -0.386 e. The zero-order chi connectivity index (χ0) is 18.9. The lowest BCUT2D eigenvalue weighted by molar-refractivity contribution is -0.109. The van der Waals surface area contributed by atoms with Crippen LogP contribution in [-0.2, 0) is 10.4 Å². The monoisotopic (exact) mass is 376 g/mol. The van der Waals surface area contributed by atoms with Gasteiger partial charge in [0.05, 0.1) is 16.3 Å². The van der Waals surface area contributed by atoms with Crippen LogP contribution >= 0.6 is 11.6 Å². The lowest BCUT2D eigenvalue weighted by Crippen LogP contribution is -2.24. The number of pyridine rings is 1. The molecule has 1 saturated carbocycles. The molecule has 138 valence electrons. The van der Waals surface area contributed by atoms with Gasteiger partial charge in [-0.1, -0.05) is 11.6 Å². The third-order valence-corrected chi connectivity index (χ3v) is 5.13. The zero-order valence-electron chi connectivity index (χ0n) is 14.8. The van der Waals surface area contributed by atoms with Crippen LogP contribution in [0.4, 0.5) is 4.39 Å². The Morgan fingerprint density at radius 1 is 1.38 bits per heavy atom. The quantitative estimate of drug-likeness (QED) is 0.718. The van der Waals surface area contributed by atoms with Crippen molar-refractivity contribution >= 4 is 18.0 Å². The maximum absolute atomic E-state index is 13.3. The van der Waals surface area contributed by atoms with E-state index in [1.807, 2.05) is 6.07 Å². The molecule has 2 aromatic rings. The van der Waals surface area contributed by atoms with E-state index >= 15 is 0 Å². The summed E-state index contributed by atoms with van der Waals surface area (Å²) < 4.78 is 13.3. The molecule has 1 unspecified atom stereocenters. The van der Waals surface area contributed by atoms with E-state index < -0.39 is 5.60 Å². The van der Waals surface area contributed by atoms with Crippen molar-refractivity contribution in [1.82, 2.24) is 10.3 Å². The van der Waals surface area contributed by atoms with Gasteiger partial charge in [0, 0.05) is 29.3 Å². The Hall–Kier alpha value is -1.98. The largest absolute Gasteiger partial charge is 0.386 e. The van der Waals surface area contributed by atoms with Gasteiger partial charge in [-0.05, 0) is 62.9 Å². The van der Waals surface area contributed by atoms with Gasteiger partial charge in [-0.25, -0.2) is 4.39 Å². The summed E-state index contributed by atoms with van der Waals surface area (Å²) in [6.45, 7) is 3.82. The second kappa shape index (κ2) is 7.33. The number of aliphatic hydroxyl groups is 1. The van der Waals surface area contributed by atoms with E-state index in [4.69, 9.17) is 16.6 Å². The number of benzene rings is 1. The first-order valence-electron chi connectivity index (χ1n) is 8.67. The standard InChI is InChI=1S/C20H22ClFN2O2/c1-20(2,26)16-9-17(15(10-23-11-25)12-3-4-12)24-19(18(16)21)13-5-7-14(22)8-6-13/h5-9,11-12,15,26H,3-4,10H2,1-2H3,(H,23,25). The van der Waals surface area contributed by atoms with Crippen LogP contribution in [0.15, 0.2) is 30.3 Å². The number of amides is 1. The molecule has 0 saturated heterocycles. The molecule has 0 spiro atoms. The van der Waals surface area contributed by atoms with Gasteiger partial charge in [-0.2, -0.15) is 0 Å². The highest BCUT2D eigenvalue weighted by Gasteiger charge is 2.35. The predicted octanol–water partition coefficient (Wildman–Crippen LogP) is 4.01. The number of hydrogen-bond donors (Lipinski definition) is 2. The molecule has 26 heavy (non-hydrogen) atoms. The fraction of sp³-hybridized carbons (Fsp3) is 0.400. The maximum Gasteiger partial charge on any atom is 0.207 e.